The molecule has 1 amide bonds. The van der Waals surface area contributed by atoms with Crippen LogP contribution in [0.1, 0.15) is 30.7 Å². The highest BCUT2D eigenvalue weighted by molar-refractivity contribution is 7.09. The van der Waals surface area contributed by atoms with Gasteiger partial charge in [-0.3, -0.25) is 9.78 Å². The minimum Gasteiger partial charge on any atom is -0.343 e. The maximum Gasteiger partial charge on any atom is 0.222 e. The van der Waals surface area contributed by atoms with Crippen LogP contribution in [0, 0.1) is 0 Å². The van der Waals surface area contributed by atoms with Crippen molar-refractivity contribution in [2.45, 2.75) is 32.1 Å². The highest BCUT2D eigenvalue weighted by atomic mass is 32.1. The largest absolute Gasteiger partial charge is 0.343 e. The third-order valence-corrected chi connectivity index (χ3v) is 4.70. The second-order valence-corrected chi connectivity index (χ2v) is 6.25. The number of rotatable bonds is 4. The van der Waals surface area contributed by atoms with E-state index in [1.54, 1.807) is 23.7 Å². The molecule has 0 radical (unpaired) electrons. The fourth-order valence-electron chi connectivity index (χ4n) is 2.60. The van der Waals surface area contributed by atoms with Crippen LogP contribution in [0.15, 0.2) is 29.9 Å². The van der Waals surface area contributed by atoms with Crippen LogP contribution in [-0.2, 0) is 11.2 Å². The van der Waals surface area contributed by atoms with Crippen molar-refractivity contribution < 1.29 is 4.79 Å². The number of thiazole rings is 1. The van der Waals surface area contributed by atoms with Gasteiger partial charge in [0.25, 0.3) is 0 Å². The van der Waals surface area contributed by atoms with E-state index in [0.717, 1.165) is 48.6 Å². The SMILES string of the molecule is O=C(CCc1nc(-c2ccncc2)cs1)N1CCCCC1. The van der Waals surface area contributed by atoms with Gasteiger partial charge in [0, 0.05) is 49.3 Å². The lowest BCUT2D eigenvalue weighted by molar-refractivity contribution is -0.132. The fraction of sp³-hybridized carbons (Fsp3) is 0.438. The number of hydrogen-bond donors (Lipinski definition) is 0. The molecule has 1 fully saturated rings. The Bertz CT molecular complexity index is 591. The fourth-order valence-corrected chi connectivity index (χ4v) is 3.40. The normalized spacial score (nSPS) is 15.1. The van der Waals surface area contributed by atoms with Crippen molar-refractivity contribution in [3.05, 3.63) is 34.9 Å². The van der Waals surface area contributed by atoms with E-state index in [1.165, 1.54) is 6.42 Å². The quantitative estimate of drug-likeness (QED) is 0.871. The summed E-state index contributed by atoms with van der Waals surface area (Å²) in [7, 11) is 0. The summed E-state index contributed by atoms with van der Waals surface area (Å²) in [4.78, 5) is 22.8. The molecule has 21 heavy (non-hydrogen) atoms. The van der Waals surface area contributed by atoms with E-state index in [-0.39, 0.29) is 5.91 Å². The Balaban J connectivity index is 1.56. The number of carbonyl (C=O) groups excluding carboxylic acids is 1. The van der Waals surface area contributed by atoms with Crippen molar-refractivity contribution >= 4 is 17.2 Å². The summed E-state index contributed by atoms with van der Waals surface area (Å²) in [5.41, 5.74) is 2.05. The van der Waals surface area contributed by atoms with E-state index in [2.05, 4.69) is 15.3 Å². The summed E-state index contributed by atoms with van der Waals surface area (Å²) in [5, 5.41) is 3.09. The van der Waals surface area contributed by atoms with Crippen LogP contribution in [0.3, 0.4) is 0 Å². The molecule has 0 saturated carbocycles. The molecule has 0 spiro atoms. The number of hydrogen-bond acceptors (Lipinski definition) is 4. The molecular weight excluding hydrogens is 282 g/mol. The molecule has 0 atom stereocenters. The number of carbonyl (C=O) groups is 1. The van der Waals surface area contributed by atoms with Crippen molar-refractivity contribution in [3.8, 4) is 11.3 Å². The maximum absolute atomic E-state index is 12.1. The molecule has 4 nitrogen and oxygen atoms in total. The van der Waals surface area contributed by atoms with Crippen LogP contribution in [0.25, 0.3) is 11.3 Å². The lowest BCUT2D eigenvalue weighted by Crippen LogP contribution is -2.35. The second kappa shape index (κ2) is 6.80. The molecule has 1 saturated heterocycles. The molecule has 3 rings (SSSR count). The van der Waals surface area contributed by atoms with E-state index in [1.807, 2.05) is 17.0 Å². The molecule has 0 bridgehead atoms. The Morgan fingerprint density at radius 1 is 1.19 bits per heavy atom. The molecule has 0 aromatic carbocycles. The average molecular weight is 301 g/mol. The summed E-state index contributed by atoms with van der Waals surface area (Å²) >= 11 is 1.63. The average Bonchev–Trinajstić information content (AvgIpc) is 3.03. The van der Waals surface area contributed by atoms with E-state index in [9.17, 15) is 4.79 Å². The summed E-state index contributed by atoms with van der Waals surface area (Å²) in [6.45, 7) is 1.86. The van der Waals surface area contributed by atoms with Crippen molar-refractivity contribution in [1.82, 2.24) is 14.9 Å². The molecule has 2 aromatic heterocycles. The van der Waals surface area contributed by atoms with Gasteiger partial charge in [-0.1, -0.05) is 0 Å². The van der Waals surface area contributed by atoms with Gasteiger partial charge in [0.1, 0.15) is 0 Å². The molecule has 1 aliphatic heterocycles. The van der Waals surface area contributed by atoms with Gasteiger partial charge in [0.15, 0.2) is 0 Å². The van der Waals surface area contributed by atoms with Crippen LogP contribution >= 0.6 is 11.3 Å². The number of amides is 1. The molecule has 5 heteroatoms. The van der Waals surface area contributed by atoms with Gasteiger partial charge in [0.2, 0.25) is 5.91 Å². The molecule has 110 valence electrons. The van der Waals surface area contributed by atoms with Crippen molar-refractivity contribution in [2.75, 3.05) is 13.1 Å². The number of pyridine rings is 1. The van der Waals surface area contributed by atoms with Crippen molar-refractivity contribution in [1.29, 1.82) is 0 Å². The smallest absolute Gasteiger partial charge is 0.222 e. The first-order valence-electron chi connectivity index (χ1n) is 7.45. The molecule has 2 aromatic rings. The highest BCUT2D eigenvalue weighted by Crippen LogP contribution is 2.22. The number of piperidine rings is 1. The van der Waals surface area contributed by atoms with E-state index in [0.29, 0.717) is 6.42 Å². The van der Waals surface area contributed by atoms with Crippen LogP contribution in [0.4, 0.5) is 0 Å². The minimum atomic E-state index is 0.273. The zero-order chi connectivity index (χ0) is 14.5. The van der Waals surface area contributed by atoms with Gasteiger partial charge < -0.3 is 4.90 Å². The summed E-state index contributed by atoms with van der Waals surface area (Å²) in [6.07, 6.45) is 8.41. The van der Waals surface area contributed by atoms with E-state index >= 15 is 0 Å². The Morgan fingerprint density at radius 3 is 2.71 bits per heavy atom. The number of nitrogens with zero attached hydrogens (tertiary/aromatic N) is 3. The number of aromatic nitrogens is 2. The van der Waals surface area contributed by atoms with Gasteiger partial charge >= 0.3 is 0 Å². The second-order valence-electron chi connectivity index (χ2n) is 5.30. The van der Waals surface area contributed by atoms with Crippen LogP contribution in [0.5, 0.6) is 0 Å². The first-order valence-corrected chi connectivity index (χ1v) is 8.33. The van der Waals surface area contributed by atoms with Gasteiger partial charge in [0.05, 0.1) is 10.7 Å². The Kier molecular flexibility index (Phi) is 4.60. The third-order valence-electron chi connectivity index (χ3n) is 3.79. The lowest BCUT2D eigenvalue weighted by atomic mass is 10.1. The standard InChI is InChI=1S/C16H19N3OS/c20-16(19-10-2-1-3-11-19)5-4-15-18-14(12-21-15)13-6-8-17-9-7-13/h6-9,12H,1-5,10-11H2. The third kappa shape index (κ3) is 3.67. The van der Waals surface area contributed by atoms with Crippen molar-refractivity contribution in [3.63, 3.8) is 0 Å². The summed E-state index contributed by atoms with van der Waals surface area (Å²) in [5.74, 6) is 0.273. The van der Waals surface area contributed by atoms with E-state index in [4.69, 9.17) is 0 Å². The molecule has 3 heterocycles. The lowest BCUT2D eigenvalue weighted by Gasteiger charge is -2.26. The first kappa shape index (κ1) is 14.2. The molecular formula is C16H19N3OS. The first-order chi connectivity index (χ1) is 10.3. The number of aryl methyl sites for hydroxylation is 1. The van der Waals surface area contributed by atoms with Gasteiger partial charge in [-0.05, 0) is 31.4 Å². The van der Waals surface area contributed by atoms with Crippen molar-refractivity contribution in [2.24, 2.45) is 0 Å². The number of likely N-dealkylation sites (tertiary alicyclic amines) is 1. The topological polar surface area (TPSA) is 46.1 Å². The zero-order valence-electron chi connectivity index (χ0n) is 12.0. The monoisotopic (exact) mass is 301 g/mol. The maximum atomic E-state index is 12.1. The predicted molar refractivity (Wildman–Crippen MR) is 84.1 cm³/mol. The zero-order valence-corrected chi connectivity index (χ0v) is 12.8. The molecule has 1 aliphatic rings. The Morgan fingerprint density at radius 2 is 1.95 bits per heavy atom. The Hall–Kier alpha value is -1.75. The van der Waals surface area contributed by atoms with E-state index < -0.39 is 0 Å². The van der Waals surface area contributed by atoms with Crippen LogP contribution in [0.2, 0.25) is 0 Å². The highest BCUT2D eigenvalue weighted by Gasteiger charge is 2.16. The van der Waals surface area contributed by atoms with Gasteiger partial charge in [-0.2, -0.15) is 0 Å². The van der Waals surface area contributed by atoms with Gasteiger partial charge in [-0.15, -0.1) is 11.3 Å². The van der Waals surface area contributed by atoms with Gasteiger partial charge in [-0.25, -0.2) is 4.98 Å². The van der Waals surface area contributed by atoms with Crippen LogP contribution in [-0.4, -0.2) is 33.9 Å². The predicted octanol–water partition coefficient (Wildman–Crippen LogP) is 3.15. The van der Waals surface area contributed by atoms with Crippen LogP contribution < -0.4 is 0 Å². The molecule has 0 aliphatic carbocycles. The Labute approximate surface area is 128 Å². The molecule has 0 N–H and O–H groups in total. The summed E-state index contributed by atoms with van der Waals surface area (Å²) < 4.78 is 0. The minimum absolute atomic E-state index is 0.273. The summed E-state index contributed by atoms with van der Waals surface area (Å²) in [6, 6.07) is 3.91. The molecule has 0 unspecified atom stereocenters.